The first-order valence-electron chi connectivity index (χ1n) is 3.09. The van der Waals surface area contributed by atoms with E-state index in [0.29, 0.717) is 0 Å². The number of carbonyl (C=O) groups is 2. The second-order valence-corrected chi connectivity index (χ2v) is 2.18. The van der Waals surface area contributed by atoms with Gasteiger partial charge in [-0.2, -0.15) is 0 Å². The molecule has 1 unspecified atom stereocenters. The second-order valence-electron chi connectivity index (χ2n) is 2.18. The summed E-state index contributed by atoms with van der Waals surface area (Å²) >= 11 is 0. The van der Waals surface area contributed by atoms with Crippen LogP contribution in [-0.2, 0) is 9.59 Å². The van der Waals surface area contributed by atoms with E-state index in [0.717, 1.165) is 6.21 Å². The first-order chi connectivity index (χ1) is 5.07. The van der Waals surface area contributed by atoms with Crippen LogP contribution in [0.1, 0.15) is 13.3 Å². The number of ketones is 1. The summed E-state index contributed by atoms with van der Waals surface area (Å²) in [4.78, 5) is 20.8. The Bertz CT molecular complexity index is 214. The Labute approximate surface area is 64.3 Å². The maximum absolute atomic E-state index is 10.5. The van der Waals surface area contributed by atoms with E-state index < -0.39 is 11.9 Å². The average Bonchev–Trinajstić information content (AvgIpc) is 1.86. The van der Waals surface area contributed by atoms with Gasteiger partial charge in [-0.25, -0.2) is 0 Å². The van der Waals surface area contributed by atoms with Crippen LogP contribution in [0, 0.1) is 5.92 Å². The summed E-state index contributed by atoms with van der Waals surface area (Å²) in [6, 6.07) is 0. The Morgan fingerprint density at radius 1 is 1.73 bits per heavy atom. The predicted molar refractivity (Wildman–Crippen MR) is 41.7 cm³/mol. The normalized spacial score (nSPS) is 11.4. The molecule has 4 nitrogen and oxygen atoms in total. The number of carboxylic acid groups (broad SMARTS) is 1. The molecule has 0 aliphatic heterocycles. The topological polar surface area (TPSA) is 68.5 Å². The van der Waals surface area contributed by atoms with Gasteiger partial charge in [0.2, 0.25) is 0 Å². The van der Waals surface area contributed by atoms with Gasteiger partial charge in [0.05, 0.1) is 0 Å². The van der Waals surface area contributed by atoms with Gasteiger partial charge in [-0.15, -0.1) is 4.67 Å². The maximum Gasteiger partial charge on any atom is 0.318 e. The molecule has 0 amide bonds. The van der Waals surface area contributed by atoms with Crippen molar-refractivity contribution in [3.63, 3.8) is 0 Å². The first kappa shape index (κ1) is 9.59. The molecule has 60 valence electrons. The van der Waals surface area contributed by atoms with Crippen LogP contribution in [0.5, 0.6) is 0 Å². The lowest BCUT2D eigenvalue weighted by molar-refractivity contribution is -0.140. The number of aliphatic carboxylic acids is 1. The van der Waals surface area contributed by atoms with Crippen molar-refractivity contribution in [2.45, 2.75) is 13.3 Å². The van der Waals surface area contributed by atoms with Gasteiger partial charge in [0.15, 0.2) is 5.92 Å². The summed E-state index contributed by atoms with van der Waals surface area (Å²) in [5, 5.41) is 8.48. The van der Waals surface area contributed by atoms with E-state index in [1.165, 1.54) is 6.92 Å². The number of hydrogen-bond acceptors (Lipinski definition) is 2. The van der Waals surface area contributed by atoms with Crippen LogP contribution in [0.4, 0.5) is 0 Å². The number of nitrogens with zero attached hydrogens (tertiary/aromatic N) is 1. The molecule has 0 bridgehead atoms. The lowest BCUT2D eigenvalue weighted by Gasteiger charge is -1.96. The summed E-state index contributed by atoms with van der Waals surface area (Å²) in [5.74, 6) is -2.05. The smallest absolute Gasteiger partial charge is 0.318 e. The first-order valence-corrected chi connectivity index (χ1v) is 3.09. The van der Waals surface area contributed by atoms with Gasteiger partial charge in [-0.1, -0.05) is 0 Å². The fraction of sp³-hybridized carbons (Fsp3) is 0.429. The molecular formula is C7H10NO3+. The van der Waals surface area contributed by atoms with Gasteiger partial charge in [0, 0.05) is 6.42 Å². The fourth-order valence-corrected chi connectivity index (χ4v) is 0.641. The van der Waals surface area contributed by atoms with Crippen LogP contribution < -0.4 is 4.67 Å². The van der Waals surface area contributed by atoms with Crippen molar-refractivity contribution in [1.29, 1.82) is 0 Å². The molecule has 0 rings (SSSR count). The molecule has 11 heavy (non-hydrogen) atoms. The molecule has 4 heteroatoms. The van der Waals surface area contributed by atoms with Gasteiger partial charge in [-0.05, 0) is 6.92 Å². The monoisotopic (exact) mass is 156 g/mol. The van der Waals surface area contributed by atoms with Crippen LogP contribution in [0.2, 0.25) is 0 Å². The third-order valence-electron chi connectivity index (χ3n) is 1.11. The van der Waals surface area contributed by atoms with Crippen molar-refractivity contribution in [3.05, 3.63) is 0 Å². The second kappa shape index (κ2) is 4.41. The zero-order valence-corrected chi connectivity index (χ0v) is 6.28. The Morgan fingerprint density at radius 2 is 2.27 bits per heavy atom. The van der Waals surface area contributed by atoms with E-state index in [2.05, 4.69) is 11.4 Å². The minimum Gasteiger partial charge on any atom is -0.481 e. The molecule has 1 N–H and O–H groups in total. The van der Waals surface area contributed by atoms with Crippen molar-refractivity contribution in [3.8, 4) is 0 Å². The summed E-state index contributed by atoms with van der Waals surface area (Å²) in [7, 11) is 0. The van der Waals surface area contributed by atoms with Gasteiger partial charge in [0.25, 0.3) is 12.9 Å². The van der Waals surface area contributed by atoms with E-state index >= 15 is 0 Å². The van der Waals surface area contributed by atoms with Crippen molar-refractivity contribution >= 4 is 24.7 Å². The van der Waals surface area contributed by atoms with Gasteiger partial charge >= 0.3 is 5.97 Å². The minimum atomic E-state index is -1.05. The van der Waals surface area contributed by atoms with Gasteiger partial charge in [-0.3, -0.25) is 9.59 Å². The van der Waals surface area contributed by atoms with Crippen molar-refractivity contribution in [2.24, 2.45) is 5.92 Å². The summed E-state index contributed by atoms with van der Waals surface area (Å²) in [6.45, 7) is 4.45. The van der Waals surface area contributed by atoms with Crippen LogP contribution in [0.25, 0.3) is 0 Å². The van der Waals surface area contributed by atoms with Crippen molar-refractivity contribution in [2.75, 3.05) is 0 Å². The van der Waals surface area contributed by atoms with E-state index in [1.54, 1.807) is 0 Å². The molecule has 0 aromatic rings. The SMILES string of the molecule is C=[N+]=CC(CC(C)=O)C(=O)O. The summed E-state index contributed by atoms with van der Waals surface area (Å²) in [5.41, 5.74) is 0. The Kier molecular flexibility index (Phi) is 3.85. The zero-order chi connectivity index (χ0) is 8.85. The highest BCUT2D eigenvalue weighted by molar-refractivity contribution is 5.93. The van der Waals surface area contributed by atoms with E-state index in [4.69, 9.17) is 5.11 Å². The van der Waals surface area contributed by atoms with Crippen LogP contribution >= 0.6 is 0 Å². The zero-order valence-electron chi connectivity index (χ0n) is 6.28. The highest BCUT2D eigenvalue weighted by Crippen LogP contribution is 1.99. The largest absolute Gasteiger partial charge is 0.481 e. The number of hydrogen-bond donors (Lipinski definition) is 1. The number of Topliss-reactive ketones (excluding diaryl/α,β-unsaturated/α-hetero) is 1. The molecule has 0 aromatic heterocycles. The molecule has 0 aliphatic rings. The fourth-order valence-electron chi connectivity index (χ4n) is 0.641. The molecule has 0 aromatic carbocycles. The van der Waals surface area contributed by atoms with Crippen LogP contribution in [-0.4, -0.2) is 29.8 Å². The van der Waals surface area contributed by atoms with Crippen molar-refractivity contribution in [1.82, 2.24) is 4.67 Å². The lowest BCUT2D eigenvalue weighted by atomic mass is 10.1. The standard InChI is InChI=1S/C7H9NO3/c1-5(9)3-6(4-8-2)7(10)11/h4,6H,2-3H2,1H3/p+1. The quantitative estimate of drug-likeness (QED) is 0.441. The molecule has 0 fully saturated rings. The Hall–Kier alpha value is -1.41. The summed E-state index contributed by atoms with van der Waals surface area (Å²) in [6.07, 6.45) is 1.14. The molecule has 0 radical (unpaired) electrons. The maximum atomic E-state index is 10.5. The molecule has 0 saturated heterocycles. The molecule has 0 heterocycles. The third kappa shape index (κ3) is 4.06. The summed E-state index contributed by atoms with van der Waals surface area (Å²) < 4.78 is 3.30. The molecule has 0 saturated carbocycles. The molecule has 0 spiro atoms. The molecule has 0 aliphatic carbocycles. The minimum absolute atomic E-state index is 0.0195. The molecule has 1 atom stereocenters. The third-order valence-corrected chi connectivity index (χ3v) is 1.11. The van der Waals surface area contributed by atoms with Gasteiger partial charge < -0.3 is 5.11 Å². The molecular weight excluding hydrogens is 146 g/mol. The highest BCUT2D eigenvalue weighted by atomic mass is 16.4. The van der Waals surface area contributed by atoms with E-state index in [9.17, 15) is 9.59 Å². The Morgan fingerprint density at radius 3 is 2.55 bits per heavy atom. The number of carbonyl (C=O) groups excluding carboxylic acids is 1. The van der Waals surface area contributed by atoms with Gasteiger partial charge in [0.1, 0.15) is 5.78 Å². The lowest BCUT2D eigenvalue weighted by Crippen LogP contribution is -2.18. The number of rotatable bonds is 4. The highest BCUT2D eigenvalue weighted by Gasteiger charge is 2.21. The van der Waals surface area contributed by atoms with Crippen LogP contribution in [0.3, 0.4) is 0 Å². The van der Waals surface area contributed by atoms with E-state index in [-0.39, 0.29) is 12.2 Å². The van der Waals surface area contributed by atoms with E-state index in [1.807, 2.05) is 0 Å². The van der Waals surface area contributed by atoms with Crippen LogP contribution in [0.15, 0.2) is 0 Å². The average molecular weight is 156 g/mol. The van der Waals surface area contributed by atoms with Crippen molar-refractivity contribution < 1.29 is 14.7 Å². The number of carboxylic acids is 1. The Balaban J connectivity index is 4.22. The predicted octanol–water partition coefficient (Wildman–Crippen LogP) is -0.495.